The number of benzene rings is 2. The molecule has 0 saturated carbocycles. The molecule has 0 radical (unpaired) electrons. The topological polar surface area (TPSA) is 58.6 Å². The minimum absolute atomic E-state index is 0.0848. The lowest BCUT2D eigenvalue weighted by atomic mass is 10.1. The van der Waals surface area contributed by atoms with Crippen molar-refractivity contribution >= 4 is 11.6 Å². The van der Waals surface area contributed by atoms with Crippen LogP contribution < -0.4 is 10.1 Å². The van der Waals surface area contributed by atoms with Crippen molar-refractivity contribution in [2.24, 2.45) is 0 Å². The van der Waals surface area contributed by atoms with Crippen LogP contribution in [0.1, 0.15) is 12.0 Å². The van der Waals surface area contributed by atoms with Gasteiger partial charge in [-0.3, -0.25) is 4.79 Å². The lowest BCUT2D eigenvalue weighted by Gasteiger charge is -2.07. The molecule has 0 aromatic heterocycles. The number of carbonyl (C=O) groups excluding carboxylic acids is 1. The van der Waals surface area contributed by atoms with Crippen LogP contribution >= 0.6 is 0 Å². The number of hydrogen-bond donors (Lipinski definition) is 2. The molecule has 0 atom stereocenters. The second-order valence-corrected chi connectivity index (χ2v) is 4.41. The number of phenols is 1. The molecule has 2 aromatic rings. The Labute approximate surface area is 118 Å². The maximum absolute atomic E-state index is 11.8. The van der Waals surface area contributed by atoms with E-state index >= 15 is 0 Å². The van der Waals surface area contributed by atoms with Gasteiger partial charge in [0.2, 0.25) is 5.91 Å². The number of phenolic OH excluding ortho intramolecular Hbond substituents is 1. The van der Waals surface area contributed by atoms with Crippen LogP contribution in [0.15, 0.2) is 48.5 Å². The third-order valence-electron chi connectivity index (χ3n) is 2.99. The van der Waals surface area contributed by atoms with Crippen molar-refractivity contribution in [2.45, 2.75) is 12.8 Å². The molecule has 2 N–H and O–H groups in total. The molecule has 0 aliphatic heterocycles. The third-order valence-corrected chi connectivity index (χ3v) is 2.99. The molecule has 20 heavy (non-hydrogen) atoms. The Balaban J connectivity index is 1.87. The SMILES string of the molecule is COc1ccc(NC(=O)CCc2ccccc2O)cc1. The molecule has 2 rings (SSSR count). The number of hydrogen-bond acceptors (Lipinski definition) is 3. The number of nitrogens with one attached hydrogen (secondary N) is 1. The zero-order valence-electron chi connectivity index (χ0n) is 11.3. The number of amides is 1. The Morgan fingerprint density at radius 1 is 1.15 bits per heavy atom. The highest BCUT2D eigenvalue weighted by molar-refractivity contribution is 5.90. The van der Waals surface area contributed by atoms with Crippen LogP contribution in [0, 0.1) is 0 Å². The summed E-state index contributed by atoms with van der Waals surface area (Å²) in [5.74, 6) is 0.889. The number of ether oxygens (including phenoxy) is 1. The molecular weight excluding hydrogens is 254 g/mol. The molecule has 0 heterocycles. The highest BCUT2D eigenvalue weighted by Gasteiger charge is 2.05. The average Bonchev–Trinajstić information content (AvgIpc) is 2.47. The highest BCUT2D eigenvalue weighted by Crippen LogP contribution is 2.18. The summed E-state index contributed by atoms with van der Waals surface area (Å²) < 4.78 is 5.05. The number of para-hydroxylation sites is 1. The molecular formula is C16H17NO3. The first-order valence-corrected chi connectivity index (χ1v) is 6.40. The van der Waals surface area contributed by atoms with E-state index in [1.165, 1.54) is 0 Å². The van der Waals surface area contributed by atoms with E-state index in [0.717, 1.165) is 17.0 Å². The zero-order valence-corrected chi connectivity index (χ0v) is 11.3. The molecule has 0 bridgehead atoms. The van der Waals surface area contributed by atoms with E-state index < -0.39 is 0 Å². The van der Waals surface area contributed by atoms with Crippen LogP contribution in [0.2, 0.25) is 0 Å². The van der Waals surface area contributed by atoms with Gasteiger partial charge in [0.1, 0.15) is 11.5 Å². The summed E-state index contributed by atoms with van der Waals surface area (Å²) in [6.07, 6.45) is 0.832. The van der Waals surface area contributed by atoms with Crippen molar-refractivity contribution in [3.05, 3.63) is 54.1 Å². The molecule has 0 aliphatic carbocycles. The Hall–Kier alpha value is -2.49. The molecule has 104 valence electrons. The van der Waals surface area contributed by atoms with Crippen molar-refractivity contribution in [3.8, 4) is 11.5 Å². The fraction of sp³-hybridized carbons (Fsp3) is 0.188. The molecule has 0 fully saturated rings. The Morgan fingerprint density at radius 2 is 1.85 bits per heavy atom. The number of anilines is 1. The molecule has 4 nitrogen and oxygen atoms in total. The summed E-state index contributed by atoms with van der Waals surface area (Å²) >= 11 is 0. The normalized spacial score (nSPS) is 10.1. The van der Waals surface area contributed by atoms with Gasteiger partial charge in [0.15, 0.2) is 0 Å². The lowest BCUT2D eigenvalue weighted by Crippen LogP contribution is -2.12. The second-order valence-electron chi connectivity index (χ2n) is 4.41. The van der Waals surface area contributed by atoms with Crippen LogP contribution in [0.25, 0.3) is 0 Å². The maximum atomic E-state index is 11.8. The van der Waals surface area contributed by atoms with Gasteiger partial charge in [-0.15, -0.1) is 0 Å². The van der Waals surface area contributed by atoms with Crippen molar-refractivity contribution in [1.29, 1.82) is 0 Å². The van der Waals surface area contributed by atoms with E-state index in [9.17, 15) is 9.90 Å². The summed E-state index contributed by atoms with van der Waals surface area (Å²) in [5, 5.41) is 12.4. The predicted molar refractivity (Wildman–Crippen MR) is 78.1 cm³/mol. The third kappa shape index (κ3) is 3.75. The summed E-state index contributed by atoms with van der Waals surface area (Å²) in [6.45, 7) is 0. The summed E-state index contributed by atoms with van der Waals surface area (Å²) in [4.78, 5) is 11.8. The maximum Gasteiger partial charge on any atom is 0.224 e. The van der Waals surface area contributed by atoms with E-state index in [2.05, 4.69) is 5.32 Å². The molecule has 1 amide bonds. The van der Waals surface area contributed by atoms with E-state index in [0.29, 0.717) is 12.8 Å². The molecule has 0 aliphatic rings. The number of aromatic hydroxyl groups is 1. The summed E-state index contributed by atoms with van der Waals surface area (Å²) in [7, 11) is 1.60. The van der Waals surface area contributed by atoms with Gasteiger partial charge in [-0.2, -0.15) is 0 Å². The van der Waals surface area contributed by atoms with Gasteiger partial charge in [0.25, 0.3) is 0 Å². The number of carbonyl (C=O) groups is 1. The van der Waals surface area contributed by atoms with E-state index in [-0.39, 0.29) is 11.7 Å². The summed E-state index contributed by atoms with van der Waals surface area (Å²) in [6, 6.07) is 14.2. The quantitative estimate of drug-likeness (QED) is 0.879. The smallest absolute Gasteiger partial charge is 0.224 e. The number of methoxy groups -OCH3 is 1. The van der Waals surface area contributed by atoms with Gasteiger partial charge in [0.05, 0.1) is 7.11 Å². The number of rotatable bonds is 5. The fourth-order valence-electron chi connectivity index (χ4n) is 1.87. The van der Waals surface area contributed by atoms with Crippen LogP contribution in [-0.4, -0.2) is 18.1 Å². The zero-order chi connectivity index (χ0) is 14.4. The second kappa shape index (κ2) is 6.61. The Kier molecular flexibility index (Phi) is 4.60. The first-order valence-electron chi connectivity index (χ1n) is 6.40. The molecule has 0 saturated heterocycles. The van der Waals surface area contributed by atoms with E-state index in [4.69, 9.17) is 4.74 Å². The Morgan fingerprint density at radius 3 is 2.50 bits per heavy atom. The molecule has 0 unspecified atom stereocenters. The van der Waals surface area contributed by atoms with Crippen molar-refractivity contribution < 1.29 is 14.6 Å². The monoisotopic (exact) mass is 271 g/mol. The minimum atomic E-state index is -0.0848. The van der Waals surface area contributed by atoms with Crippen LogP contribution in [0.5, 0.6) is 11.5 Å². The van der Waals surface area contributed by atoms with Crippen molar-refractivity contribution in [3.63, 3.8) is 0 Å². The van der Waals surface area contributed by atoms with Crippen LogP contribution in [0.3, 0.4) is 0 Å². The first-order chi connectivity index (χ1) is 9.69. The van der Waals surface area contributed by atoms with E-state index in [1.807, 2.05) is 12.1 Å². The van der Waals surface area contributed by atoms with Crippen LogP contribution in [0.4, 0.5) is 5.69 Å². The van der Waals surface area contributed by atoms with Gasteiger partial charge in [-0.25, -0.2) is 0 Å². The van der Waals surface area contributed by atoms with Crippen LogP contribution in [-0.2, 0) is 11.2 Å². The summed E-state index contributed by atoms with van der Waals surface area (Å²) in [5.41, 5.74) is 1.51. The van der Waals surface area contributed by atoms with E-state index in [1.54, 1.807) is 43.5 Å². The number of aryl methyl sites for hydroxylation is 1. The van der Waals surface area contributed by atoms with Crippen molar-refractivity contribution in [2.75, 3.05) is 12.4 Å². The van der Waals surface area contributed by atoms with Gasteiger partial charge in [-0.1, -0.05) is 18.2 Å². The standard InChI is InChI=1S/C16H17NO3/c1-20-14-9-7-13(8-10-14)17-16(19)11-6-12-4-2-3-5-15(12)18/h2-5,7-10,18H,6,11H2,1H3,(H,17,19). The molecule has 2 aromatic carbocycles. The van der Waals surface area contributed by atoms with Gasteiger partial charge < -0.3 is 15.2 Å². The Bertz CT molecular complexity index is 579. The minimum Gasteiger partial charge on any atom is -0.508 e. The average molecular weight is 271 g/mol. The first kappa shape index (κ1) is 13.9. The molecule has 4 heteroatoms. The predicted octanol–water partition coefficient (Wildman–Crippen LogP) is 2.97. The van der Waals surface area contributed by atoms with Crippen molar-refractivity contribution in [1.82, 2.24) is 0 Å². The van der Waals surface area contributed by atoms with Gasteiger partial charge in [0, 0.05) is 12.1 Å². The van der Waals surface area contributed by atoms with Gasteiger partial charge in [-0.05, 0) is 42.3 Å². The fourth-order valence-corrected chi connectivity index (χ4v) is 1.87. The largest absolute Gasteiger partial charge is 0.508 e. The lowest BCUT2D eigenvalue weighted by molar-refractivity contribution is -0.116. The highest BCUT2D eigenvalue weighted by atomic mass is 16.5. The molecule has 0 spiro atoms. The van der Waals surface area contributed by atoms with Gasteiger partial charge >= 0.3 is 0 Å².